The average Bonchev–Trinajstić information content (AvgIpc) is 1.83. The van der Waals surface area contributed by atoms with Crippen molar-refractivity contribution in [1.29, 1.82) is 0 Å². The summed E-state index contributed by atoms with van der Waals surface area (Å²) in [4.78, 5) is 4.24. The van der Waals surface area contributed by atoms with E-state index in [1.807, 2.05) is 0 Å². The third-order valence-corrected chi connectivity index (χ3v) is 1.42. The molecule has 0 aromatic carbocycles. The molecule has 12 heavy (non-hydrogen) atoms. The zero-order valence-electron chi connectivity index (χ0n) is 8.81. The summed E-state index contributed by atoms with van der Waals surface area (Å²) in [6.45, 7) is 14.2. The van der Waals surface area contributed by atoms with Gasteiger partial charge in [0.2, 0.25) is 0 Å². The zero-order chi connectivity index (χ0) is 9.78. The monoisotopic (exact) mass is 165 g/mol. The van der Waals surface area contributed by atoms with E-state index in [0.29, 0.717) is 0 Å². The quantitative estimate of drug-likeness (QED) is 0.554. The van der Waals surface area contributed by atoms with E-state index in [-0.39, 0.29) is 5.41 Å². The van der Waals surface area contributed by atoms with Gasteiger partial charge in [-0.2, -0.15) is 0 Å². The van der Waals surface area contributed by atoms with Crippen LogP contribution in [-0.2, 0) is 0 Å². The fourth-order valence-corrected chi connectivity index (χ4v) is 0.819. The van der Waals surface area contributed by atoms with Gasteiger partial charge in [0.15, 0.2) is 0 Å². The van der Waals surface area contributed by atoms with Crippen molar-refractivity contribution in [2.45, 2.75) is 34.6 Å². The molecule has 0 aliphatic heterocycles. The molecule has 0 aliphatic carbocycles. The van der Waals surface area contributed by atoms with Crippen LogP contribution in [0.3, 0.4) is 0 Å². The summed E-state index contributed by atoms with van der Waals surface area (Å²) >= 11 is 0. The lowest BCUT2D eigenvalue weighted by atomic mass is 9.89. The SMILES string of the molecule is C=CN=C(C=C(C)C)C(C)(C)C. The molecule has 0 radical (unpaired) electrons. The van der Waals surface area contributed by atoms with Crippen LogP contribution in [-0.4, -0.2) is 5.71 Å². The Labute approximate surface area is 75.9 Å². The molecule has 0 fully saturated rings. The Morgan fingerprint density at radius 3 is 2.00 bits per heavy atom. The van der Waals surface area contributed by atoms with E-state index < -0.39 is 0 Å². The van der Waals surface area contributed by atoms with Crippen LogP contribution in [0.2, 0.25) is 0 Å². The molecule has 0 spiro atoms. The van der Waals surface area contributed by atoms with Crippen LogP contribution in [0.4, 0.5) is 0 Å². The van der Waals surface area contributed by atoms with E-state index >= 15 is 0 Å². The van der Waals surface area contributed by atoms with Crippen molar-refractivity contribution in [3.63, 3.8) is 0 Å². The van der Waals surface area contributed by atoms with E-state index in [9.17, 15) is 0 Å². The second-order valence-corrected chi connectivity index (χ2v) is 4.17. The zero-order valence-corrected chi connectivity index (χ0v) is 8.81. The van der Waals surface area contributed by atoms with Gasteiger partial charge in [-0.05, 0) is 19.9 Å². The van der Waals surface area contributed by atoms with Crippen LogP contribution >= 0.6 is 0 Å². The molecule has 0 heterocycles. The maximum atomic E-state index is 4.24. The van der Waals surface area contributed by atoms with Gasteiger partial charge in [-0.15, -0.1) is 0 Å². The predicted molar refractivity (Wildman–Crippen MR) is 56.5 cm³/mol. The molecule has 0 rings (SSSR count). The second kappa shape index (κ2) is 4.24. The minimum absolute atomic E-state index is 0.103. The number of aliphatic imine (C=N–C) groups is 1. The molecule has 0 atom stereocenters. The molecule has 0 amide bonds. The summed E-state index contributed by atoms with van der Waals surface area (Å²) in [5.41, 5.74) is 2.45. The highest BCUT2D eigenvalue weighted by Crippen LogP contribution is 2.18. The van der Waals surface area contributed by atoms with Crippen molar-refractivity contribution in [1.82, 2.24) is 0 Å². The summed E-state index contributed by atoms with van der Waals surface area (Å²) in [7, 11) is 0. The predicted octanol–water partition coefficient (Wildman–Crippen LogP) is 3.58. The van der Waals surface area contributed by atoms with Gasteiger partial charge in [0, 0.05) is 17.3 Å². The minimum atomic E-state index is 0.103. The van der Waals surface area contributed by atoms with E-state index in [2.05, 4.69) is 52.3 Å². The first-order valence-corrected chi connectivity index (χ1v) is 4.22. The molecular weight excluding hydrogens is 146 g/mol. The van der Waals surface area contributed by atoms with Gasteiger partial charge in [-0.1, -0.05) is 32.9 Å². The van der Waals surface area contributed by atoms with Crippen LogP contribution < -0.4 is 0 Å². The molecule has 0 aromatic heterocycles. The average molecular weight is 165 g/mol. The highest BCUT2D eigenvalue weighted by atomic mass is 14.7. The van der Waals surface area contributed by atoms with Crippen LogP contribution in [0, 0.1) is 5.41 Å². The van der Waals surface area contributed by atoms with Crippen molar-refractivity contribution in [2.75, 3.05) is 0 Å². The summed E-state index contributed by atoms with van der Waals surface area (Å²) in [5, 5.41) is 0. The number of hydrogen-bond acceptors (Lipinski definition) is 1. The van der Waals surface area contributed by atoms with Crippen molar-refractivity contribution in [2.24, 2.45) is 10.4 Å². The maximum Gasteiger partial charge on any atom is 0.0456 e. The molecule has 68 valence electrons. The van der Waals surface area contributed by atoms with Gasteiger partial charge in [0.25, 0.3) is 0 Å². The fourth-order valence-electron chi connectivity index (χ4n) is 0.819. The Kier molecular flexibility index (Phi) is 3.94. The molecule has 1 nitrogen and oxygen atoms in total. The van der Waals surface area contributed by atoms with Gasteiger partial charge in [-0.3, -0.25) is 4.99 Å². The Bertz CT molecular complexity index is 210. The number of allylic oxidation sites excluding steroid dienone is 2. The summed E-state index contributed by atoms with van der Waals surface area (Å²) in [6.07, 6.45) is 3.70. The first kappa shape index (κ1) is 11.2. The minimum Gasteiger partial charge on any atom is -0.261 e. The summed E-state index contributed by atoms with van der Waals surface area (Å²) in [5.74, 6) is 0. The Hall–Kier alpha value is -0.850. The fraction of sp³-hybridized carbons (Fsp3) is 0.545. The van der Waals surface area contributed by atoms with E-state index in [4.69, 9.17) is 0 Å². The smallest absolute Gasteiger partial charge is 0.0456 e. The van der Waals surface area contributed by atoms with Crippen molar-refractivity contribution in [3.05, 3.63) is 24.4 Å². The Balaban J connectivity index is 4.82. The molecule has 0 aliphatic rings. The highest BCUT2D eigenvalue weighted by Gasteiger charge is 2.15. The standard InChI is InChI=1S/C11H19N/c1-7-12-10(8-9(2)3)11(4,5)6/h7-8H,1H2,2-6H3. The third-order valence-electron chi connectivity index (χ3n) is 1.42. The van der Waals surface area contributed by atoms with Gasteiger partial charge in [-0.25, -0.2) is 0 Å². The lowest BCUT2D eigenvalue weighted by Crippen LogP contribution is -2.18. The molecule has 0 saturated carbocycles. The second-order valence-electron chi connectivity index (χ2n) is 4.17. The van der Waals surface area contributed by atoms with Gasteiger partial charge in [0.1, 0.15) is 0 Å². The highest BCUT2D eigenvalue weighted by molar-refractivity contribution is 5.99. The van der Waals surface area contributed by atoms with Crippen molar-refractivity contribution >= 4 is 5.71 Å². The molecule has 0 bridgehead atoms. The largest absolute Gasteiger partial charge is 0.261 e. The normalized spacial score (nSPS) is 12.6. The molecule has 1 heteroatoms. The van der Waals surface area contributed by atoms with Gasteiger partial charge < -0.3 is 0 Å². The number of hydrogen-bond donors (Lipinski definition) is 0. The topological polar surface area (TPSA) is 12.4 Å². The van der Waals surface area contributed by atoms with Gasteiger partial charge >= 0.3 is 0 Å². The van der Waals surface area contributed by atoms with Crippen LogP contribution in [0.5, 0.6) is 0 Å². The molecule has 0 aromatic rings. The number of nitrogens with zero attached hydrogens (tertiary/aromatic N) is 1. The summed E-state index contributed by atoms with van der Waals surface area (Å²) in [6, 6.07) is 0. The van der Waals surface area contributed by atoms with Crippen LogP contribution in [0.25, 0.3) is 0 Å². The van der Waals surface area contributed by atoms with Gasteiger partial charge in [0.05, 0.1) is 0 Å². The first-order valence-electron chi connectivity index (χ1n) is 4.22. The Morgan fingerprint density at radius 1 is 1.25 bits per heavy atom. The van der Waals surface area contributed by atoms with Crippen molar-refractivity contribution in [3.8, 4) is 0 Å². The Morgan fingerprint density at radius 2 is 1.75 bits per heavy atom. The van der Waals surface area contributed by atoms with E-state index in [1.165, 1.54) is 5.57 Å². The third kappa shape index (κ3) is 4.12. The maximum absolute atomic E-state index is 4.24. The van der Waals surface area contributed by atoms with Crippen LogP contribution in [0.1, 0.15) is 34.6 Å². The molecule has 0 unspecified atom stereocenters. The summed E-state index contributed by atoms with van der Waals surface area (Å²) < 4.78 is 0. The van der Waals surface area contributed by atoms with Crippen molar-refractivity contribution < 1.29 is 0 Å². The molecule has 0 N–H and O–H groups in total. The van der Waals surface area contributed by atoms with E-state index in [1.54, 1.807) is 6.20 Å². The van der Waals surface area contributed by atoms with E-state index in [0.717, 1.165) is 5.71 Å². The lowest BCUT2D eigenvalue weighted by Gasteiger charge is -2.18. The first-order chi connectivity index (χ1) is 5.38. The number of rotatable bonds is 2. The lowest BCUT2D eigenvalue weighted by molar-refractivity contribution is 0.594. The van der Waals surface area contributed by atoms with Crippen LogP contribution in [0.15, 0.2) is 29.4 Å². The molecular formula is C11H19N. The molecule has 0 saturated heterocycles.